The molecule has 0 saturated carbocycles. The fourth-order valence-corrected chi connectivity index (χ4v) is 4.22. The van der Waals surface area contributed by atoms with Gasteiger partial charge in [0, 0.05) is 16.4 Å². The third kappa shape index (κ3) is 3.48. The summed E-state index contributed by atoms with van der Waals surface area (Å²) in [7, 11) is 1.63. The van der Waals surface area contributed by atoms with E-state index in [0.717, 1.165) is 28.0 Å². The van der Waals surface area contributed by atoms with Crippen molar-refractivity contribution in [3.63, 3.8) is 0 Å². The first-order chi connectivity index (χ1) is 15.5. The van der Waals surface area contributed by atoms with Gasteiger partial charge >= 0.3 is 0 Å². The highest BCUT2D eigenvalue weighted by Crippen LogP contribution is 2.39. The van der Waals surface area contributed by atoms with E-state index in [4.69, 9.17) is 21.3 Å². The number of nitrogens with zero attached hydrogens (tertiary/aromatic N) is 2. The molecular weight excluding hydrogens is 424 g/mol. The molecule has 0 saturated heterocycles. The number of carbonyl (C=O) groups excluding carboxylic acids is 1. The summed E-state index contributed by atoms with van der Waals surface area (Å²) in [5.41, 5.74) is 4.80. The molecule has 32 heavy (non-hydrogen) atoms. The molecule has 5 rings (SSSR count). The molecule has 0 fully saturated rings. The van der Waals surface area contributed by atoms with Crippen molar-refractivity contribution >= 4 is 40.2 Å². The number of allylic oxidation sites excluding steroid dienone is 1. The van der Waals surface area contributed by atoms with Crippen LogP contribution in [0.25, 0.3) is 11.0 Å². The van der Waals surface area contributed by atoms with E-state index >= 15 is 0 Å². The van der Waals surface area contributed by atoms with Crippen LogP contribution in [0.1, 0.15) is 18.5 Å². The smallest absolute Gasteiger partial charge is 0.255 e. The topological polar surface area (TPSA) is 68.2 Å². The maximum Gasteiger partial charge on any atom is 0.255 e. The van der Waals surface area contributed by atoms with Gasteiger partial charge in [-0.05, 0) is 61.0 Å². The van der Waals surface area contributed by atoms with E-state index in [1.54, 1.807) is 31.4 Å². The lowest BCUT2D eigenvalue weighted by molar-refractivity contribution is -0.113. The molecule has 3 aromatic carbocycles. The number of ether oxygens (including phenoxy) is 1. The van der Waals surface area contributed by atoms with Gasteiger partial charge in [-0.2, -0.15) is 0 Å². The molecular formula is C25H21ClN4O2. The zero-order chi connectivity index (χ0) is 22.2. The summed E-state index contributed by atoms with van der Waals surface area (Å²) in [5, 5.41) is 6.95. The fraction of sp³-hybridized carbons (Fsp3) is 0.120. The Bertz CT molecular complexity index is 1340. The van der Waals surface area contributed by atoms with Gasteiger partial charge in [0.25, 0.3) is 5.91 Å². The van der Waals surface area contributed by atoms with Crippen LogP contribution >= 0.6 is 11.6 Å². The number of imidazole rings is 1. The molecule has 2 heterocycles. The molecule has 6 nitrogen and oxygen atoms in total. The van der Waals surface area contributed by atoms with Crippen molar-refractivity contribution in [2.75, 3.05) is 17.7 Å². The van der Waals surface area contributed by atoms with Gasteiger partial charge in [0.05, 0.1) is 29.8 Å². The lowest BCUT2D eigenvalue weighted by atomic mass is 9.94. The number of amides is 1. The van der Waals surface area contributed by atoms with Gasteiger partial charge < -0.3 is 15.4 Å². The second kappa shape index (κ2) is 8.05. The first kappa shape index (κ1) is 20.2. The Morgan fingerprint density at radius 1 is 1.06 bits per heavy atom. The highest BCUT2D eigenvalue weighted by Gasteiger charge is 2.34. The van der Waals surface area contributed by atoms with Crippen LogP contribution in [0, 0.1) is 0 Å². The Labute approximate surface area is 190 Å². The number of aromatic nitrogens is 2. The highest BCUT2D eigenvalue weighted by atomic mass is 35.5. The average molecular weight is 445 g/mol. The molecule has 0 bridgehead atoms. The van der Waals surface area contributed by atoms with Gasteiger partial charge in [-0.15, -0.1) is 0 Å². The minimum atomic E-state index is -0.364. The van der Waals surface area contributed by atoms with Crippen LogP contribution in [0.2, 0.25) is 5.02 Å². The van der Waals surface area contributed by atoms with E-state index in [1.807, 2.05) is 55.5 Å². The average Bonchev–Trinajstić information content (AvgIpc) is 3.17. The number of hydrogen-bond donors (Lipinski definition) is 2. The molecule has 160 valence electrons. The Morgan fingerprint density at radius 2 is 1.78 bits per heavy atom. The summed E-state index contributed by atoms with van der Waals surface area (Å²) in [6.45, 7) is 1.90. The van der Waals surface area contributed by atoms with Crippen LogP contribution in [0.5, 0.6) is 5.75 Å². The van der Waals surface area contributed by atoms with Crippen molar-refractivity contribution in [1.29, 1.82) is 0 Å². The molecule has 0 spiro atoms. The molecule has 1 amide bonds. The number of benzene rings is 3. The van der Waals surface area contributed by atoms with Crippen LogP contribution < -0.4 is 15.4 Å². The molecule has 1 aliphatic heterocycles. The van der Waals surface area contributed by atoms with Crippen LogP contribution in [0.3, 0.4) is 0 Å². The largest absolute Gasteiger partial charge is 0.497 e. The second-order valence-corrected chi connectivity index (χ2v) is 8.03. The monoisotopic (exact) mass is 444 g/mol. The van der Waals surface area contributed by atoms with Crippen molar-refractivity contribution in [2.24, 2.45) is 0 Å². The molecule has 1 aromatic heterocycles. The summed E-state index contributed by atoms with van der Waals surface area (Å²) in [4.78, 5) is 18.3. The number of nitrogens with one attached hydrogen (secondary N) is 2. The van der Waals surface area contributed by atoms with Crippen LogP contribution in [-0.2, 0) is 4.79 Å². The quantitative estimate of drug-likeness (QED) is 0.428. The second-order valence-electron chi connectivity index (χ2n) is 7.59. The number of halogens is 1. The summed E-state index contributed by atoms with van der Waals surface area (Å²) >= 11 is 5.99. The summed E-state index contributed by atoms with van der Waals surface area (Å²) < 4.78 is 7.40. The molecule has 1 atom stereocenters. The van der Waals surface area contributed by atoms with E-state index in [9.17, 15) is 4.79 Å². The minimum Gasteiger partial charge on any atom is -0.497 e. The number of para-hydroxylation sites is 2. The van der Waals surface area contributed by atoms with Crippen LogP contribution in [-0.4, -0.2) is 22.6 Å². The Morgan fingerprint density at radius 3 is 2.50 bits per heavy atom. The molecule has 7 heteroatoms. The predicted octanol–water partition coefficient (Wildman–Crippen LogP) is 5.63. The standard InChI is InChI=1S/C25H21ClN4O2/c1-15-22(24(31)28-18-11-9-17(26)10-12-18)23(16-7-13-19(32-2)14-8-16)30-21-6-4-3-5-20(21)29-25(30)27-15/h3-14,23H,1-2H3,(H,27,29)(H,28,31)/t23-/m0/s1. The van der Waals surface area contributed by atoms with E-state index in [-0.39, 0.29) is 11.9 Å². The third-order valence-corrected chi connectivity index (χ3v) is 5.86. The molecule has 0 aliphatic carbocycles. The van der Waals surface area contributed by atoms with Gasteiger partial charge in [-0.3, -0.25) is 9.36 Å². The lowest BCUT2D eigenvalue weighted by Gasteiger charge is -2.30. The van der Waals surface area contributed by atoms with Gasteiger partial charge in [0.15, 0.2) is 0 Å². The molecule has 0 radical (unpaired) electrons. The van der Waals surface area contributed by atoms with E-state index < -0.39 is 0 Å². The van der Waals surface area contributed by atoms with Crippen molar-refractivity contribution in [1.82, 2.24) is 9.55 Å². The van der Waals surface area contributed by atoms with Gasteiger partial charge in [-0.1, -0.05) is 35.9 Å². The third-order valence-electron chi connectivity index (χ3n) is 5.61. The van der Waals surface area contributed by atoms with E-state index in [0.29, 0.717) is 22.2 Å². The van der Waals surface area contributed by atoms with Gasteiger partial charge in [0.1, 0.15) is 5.75 Å². The Kier molecular flexibility index (Phi) is 5.07. The first-order valence-electron chi connectivity index (χ1n) is 10.2. The number of fused-ring (bicyclic) bond motifs is 3. The SMILES string of the molecule is COc1ccc([C@H]2C(C(=O)Nc3ccc(Cl)cc3)=C(C)Nc3nc4ccccc4n32)cc1. The maximum atomic E-state index is 13.5. The van der Waals surface area contributed by atoms with E-state index in [1.165, 1.54) is 0 Å². The number of methoxy groups -OCH3 is 1. The van der Waals surface area contributed by atoms with Crippen LogP contribution in [0.4, 0.5) is 11.6 Å². The Hall–Kier alpha value is -3.77. The number of carbonyl (C=O) groups is 1. The predicted molar refractivity (Wildman–Crippen MR) is 127 cm³/mol. The van der Waals surface area contributed by atoms with Crippen molar-refractivity contribution < 1.29 is 9.53 Å². The first-order valence-corrected chi connectivity index (χ1v) is 10.6. The molecule has 2 N–H and O–H groups in total. The molecule has 0 unspecified atom stereocenters. The summed E-state index contributed by atoms with van der Waals surface area (Å²) in [6.07, 6.45) is 0. The highest BCUT2D eigenvalue weighted by molar-refractivity contribution is 6.30. The maximum absolute atomic E-state index is 13.5. The number of anilines is 2. The molecule has 1 aliphatic rings. The van der Waals surface area contributed by atoms with E-state index in [2.05, 4.69) is 15.2 Å². The van der Waals surface area contributed by atoms with Gasteiger partial charge in [-0.25, -0.2) is 4.98 Å². The van der Waals surface area contributed by atoms with Crippen molar-refractivity contribution in [3.05, 3.63) is 94.7 Å². The molecule has 4 aromatic rings. The van der Waals surface area contributed by atoms with Gasteiger partial charge in [0.2, 0.25) is 5.95 Å². The fourth-order valence-electron chi connectivity index (χ4n) is 4.09. The minimum absolute atomic E-state index is 0.193. The normalized spacial score (nSPS) is 15.3. The number of rotatable bonds is 4. The number of hydrogen-bond acceptors (Lipinski definition) is 4. The van der Waals surface area contributed by atoms with Crippen molar-refractivity contribution in [3.8, 4) is 5.75 Å². The lowest BCUT2D eigenvalue weighted by Crippen LogP contribution is -2.30. The van der Waals surface area contributed by atoms with Crippen molar-refractivity contribution in [2.45, 2.75) is 13.0 Å². The summed E-state index contributed by atoms with van der Waals surface area (Å²) in [5.74, 6) is 1.26. The Balaban J connectivity index is 1.64. The zero-order valence-corrected chi connectivity index (χ0v) is 18.4. The zero-order valence-electron chi connectivity index (χ0n) is 17.6. The summed E-state index contributed by atoms with van der Waals surface area (Å²) in [6, 6.07) is 22.4. The van der Waals surface area contributed by atoms with Crippen LogP contribution in [0.15, 0.2) is 84.1 Å².